The number of alkyl halides is 5. The summed E-state index contributed by atoms with van der Waals surface area (Å²) in [6, 6.07) is -1.76. The number of carbonyl (C=O) groups excluding carboxylic acids is 2. The molecule has 14 heteroatoms. The van der Waals surface area contributed by atoms with Crippen molar-refractivity contribution in [2.24, 2.45) is 5.92 Å². The maximum atomic E-state index is 14.4. The van der Waals surface area contributed by atoms with Crippen molar-refractivity contribution in [2.75, 3.05) is 5.32 Å². The fourth-order valence-corrected chi connectivity index (χ4v) is 6.51. The van der Waals surface area contributed by atoms with E-state index in [0.717, 1.165) is 49.3 Å². The van der Waals surface area contributed by atoms with Crippen molar-refractivity contribution in [1.82, 2.24) is 20.2 Å². The normalized spacial score (nSPS) is 22.2. The molecule has 4 heterocycles. The Morgan fingerprint density at radius 1 is 1.10 bits per heavy atom. The third kappa shape index (κ3) is 6.04. The standard InChI is InChI=1S/C27H32F5N5O3S/c1-12(26(2,3)40)34-23(38)24-36-19(25(39)37-14-6-7-15(37)9-8-14)20(41-24)17-11-33-18(10-16(17)22(28)29)35-21(13-4-5-13)27(30,31)32/h10-15,21-22,40H,4-9H2,1-3H3,(H,33,35)(H,34,38)/t12-,14?,15?,21?/m1/s1. The molecule has 8 nitrogen and oxygen atoms in total. The van der Waals surface area contributed by atoms with Crippen molar-refractivity contribution >= 4 is 29.0 Å². The van der Waals surface area contributed by atoms with Crippen molar-refractivity contribution < 1.29 is 36.6 Å². The average Bonchev–Trinajstić information content (AvgIpc) is 3.31. The number of thiazole rings is 1. The first-order chi connectivity index (χ1) is 19.1. The third-order valence-electron chi connectivity index (χ3n) is 8.28. The van der Waals surface area contributed by atoms with Crippen LogP contribution in [0.5, 0.6) is 0 Å². The van der Waals surface area contributed by atoms with Crippen LogP contribution in [0.3, 0.4) is 0 Å². The van der Waals surface area contributed by atoms with E-state index in [9.17, 15) is 36.6 Å². The highest BCUT2D eigenvalue weighted by molar-refractivity contribution is 7.17. The molecular weight excluding hydrogens is 569 g/mol. The molecule has 0 aromatic carbocycles. The molecule has 2 atom stereocenters. The number of amides is 2. The van der Waals surface area contributed by atoms with Gasteiger partial charge < -0.3 is 20.6 Å². The van der Waals surface area contributed by atoms with Gasteiger partial charge in [0, 0.05) is 29.4 Å². The molecule has 3 fully saturated rings. The van der Waals surface area contributed by atoms with Crippen LogP contribution in [0.1, 0.15) is 91.6 Å². The van der Waals surface area contributed by atoms with Crippen LogP contribution in [0, 0.1) is 5.92 Å². The second kappa shape index (κ2) is 10.8. The van der Waals surface area contributed by atoms with E-state index in [0.29, 0.717) is 12.8 Å². The summed E-state index contributed by atoms with van der Waals surface area (Å²) in [7, 11) is 0. The van der Waals surface area contributed by atoms with Crippen LogP contribution in [-0.2, 0) is 0 Å². The summed E-state index contributed by atoms with van der Waals surface area (Å²) in [5, 5.41) is 15.0. The van der Waals surface area contributed by atoms with Gasteiger partial charge in [-0.2, -0.15) is 13.2 Å². The number of pyridine rings is 1. The molecule has 2 saturated heterocycles. The Bertz CT molecular complexity index is 1300. The van der Waals surface area contributed by atoms with Gasteiger partial charge in [0.05, 0.1) is 16.5 Å². The van der Waals surface area contributed by atoms with Crippen LogP contribution in [0.25, 0.3) is 10.4 Å². The quantitative estimate of drug-likeness (QED) is 0.326. The van der Waals surface area contributed by atoms with Gasteiger partial charge in [-0.25, -0.2) is 18.7 Å². The van der Waals surface area contributed by atoms with Gasteiger partial charge in [-0.05, 0) is 71.3 Å². The lowest BCUT2D eigenvalue weighted by molar-refractivity contribution is -0.146. The van der Waals surface area contributed by atoms with E-state index >= 15 is 0 Å². The minimum absolute atomic E-state index is 0.00414. The summed E-state index contributed by atoms with van der Waals surface area (Å²) >= 11 is 0.728. The Kier molecular flexibility index (Phi) is 7.77. The van der Waals surface area contributed by atoms with E-state index in [1.165, 1.54) is 13.8 Å². The minimum atomic E-state index is -4.58. The molecule has 2 bridgehead atoms. The van der Waals surface area contributed by atoms with Crippen LogP contribution in [0.15, 0.2) is 12.3 Å². The highest BCUT2D eigenvalue weighted by Crippen LogP contribution is 2.44. The lowest BCUT2D eigenvalue weighted by Crippen LogP contribution is -2.47. The maximum Gasteiger partial charge on any atom is 0.408 e. The second-order valence-electron chi connectivity index (χ2n) is 11.7. The number of hydrogen-bond donors (Lipinski definition) is 3. The van der Waals surface area contributed by atoms with Crippen LogP contribution < -0.4 is 10.6 Å². The predicted molar refractivity (Wildman–Crippen MR) is 142 cm³/mol. The number of nitrogens with one attached hydrogen (secondary N) is 2. The molecule has 5 rings (SSSR count). The van der Waals surface area contributed by atoms with Crippen LogP contribution in [-0.4, -0.2) is 67.7 Å². The predicted octanol–water partition coefficient (Wildman–Crippen LogP) is 5.55. The van der Waals surface area contributed by atoms with Crippen LogP contribution in [0.2, 0.25) is 0 Å². The molecule has 0 spiro atoms. The van der Waals surface area contributed by atoms with E-state index in [4.69, 9.17) is 0 Å². The van der Waals surface area contributed by atoms with Crippen molar-refractivity contribution in [3.8, 4) is 10.4 Å². The smallest absolute Gasteiger partial charge is 0.388 e. The van der Waals surface area contributed by atoms with Crippen molar-refractivity contribution in [3.05, 3.63) is 28.5 Å². The fraction of sp³-hybridized carbons (Fsp3) is 0.630. The number of rotatable bonds is 9. The molecule has 2 aromatic heterocycles. The lowest BCUT2D eigenvalue weighted by Gasteiger charge is -2.26. The Morgan fingerprint density at radius 2 is 1.71 bits per heavy atom. The van der Waals surface area contributed by atoms with Crippen LogP contribution >= 0.6 is 11.3 Å². The van der Waals surface area contributed by atoms with Crippen molar-refractivity contribution in [2.45, 2.75) is 102 Å². The highest BCUT2D eigenvalue weighted by Gasteiger charge is 2.49. The van der Waals surface area contributed by atoms with Crippen molar-refractivity contribution in [1.29, 1.82) is 0 Å². The molecule has 0 radical (unpaired) electrons. The van der Waals surface area contributed by atoms with Gasteiger partial charge >= 0.3 is 6.18 Å². The van der Waals surface area contributed by atoms with E-state index in [-0.39, 0.29) is 39.0 Å². The molecule has 2 amide bonds. The first kappa shape index (κ1) is 29.6. The number of fused-ring (bicyclic) bond motifs is 2. The fourth-order valence-electron chi connectivity index (χ4n) is 5.52. The average molecular weight is 602 g/mol. The molecule has 1 aliphatic carbocycles. The summed E-state index contributed by atoms with van der Waals surface area (Å²) in [6.45, 7) is 4.60. The van der Waals surface area contributed by atoms with Gasteiger partial charge in [-0.1, -0.05) is 0 Å². The van der Waals surface area contributed by atoms with Gasteiger partial charge in [-0.15, -0.1) is 11.3 Å². The summed E-state index contributed by atoms with van der Waals surface area (Å²) in [4.78, 5) is 36.8. The topological polar surface area (TPSA) is 107 Å². The van der Waals surface area contributed by atoms with E-state index in [1.54, 1.807) is 11.8 Å². The summed E-state index contributed by atoms with van der Waals surface area (Å²) in [5.41, 5.74) is -2.25. The maximum absolute atomic E-state index is 14.4. The SMILES string of the molecule is C[C@@H](NC(=O)c1nc(C(=O)N2C3CCC2CC3)c(-c2cnc(NC(C3CC3)C(F)(F)F)cc2C(F)F)s1)C(C)(C)O. The van der Waals surface area contributed by atoms with Crippen molar-refractivity contribution in [3.63, 3.8) is 0 Å². The molecule has 2 aromatic rings. The number of halogens is 5. The van der Waals surface area contributed by atoms with Gasteiger partial charge in [0.25, 0.3) is 18.2 Å². The minimum Gasteiger partial charge on any atom is -0.388 e. The second-order valence-corrected chi connectivity index (χ2v) is 12.7. The van der Waals surface area contributed by atoms with Gasteiger partial charge in [0.15, 0.2) is 5.01 Å². The summed E-state index contributed by atoms with van der Waals surface area (Å²) in [5.74, 6) is -2.19. The third-order valence-corrected chi connectivity index (χ3v) is 9.37. The Labute approximate surface area is 237 Å². The summed E-state index contributed by atoms with van der Waals surface area (Å²) < 4.78 is 69.4. The molecule has 3 aliphatic rings. The zero-order valence-electron chi connectivity index (χ0n) is 22.8. The number of carbonyl (C=O) groups is 2. The Morgan fingerprint density at radius 3 is 2.22 bits per heavy atom. The number of anilines is 1. The molecule has 1 unspecified atom stereocenters. The van der Waals surface area contributed by atoms with E-state index in [2.05, 4.69) is 20.6 Å². The Hall–Kier alpha value is -2.87. The molecule has 41 heavy (non-hydrogen) atoms. The first-order valence-electron chi connectivity index (χ1n) is 13.6. The van der Waals surface area contributed by atoms with Gasteiger partial charge in [0.1, 0.15) is 17.6 Å². The number of hydrogen-bond acceptors (Lipinski definition) is 7. The molecule has 3 N–H and O–H groups in total. The molecule has 2 aliphatic heterocycles. The van der Waals surface area contributed by atoms with Gasteiger partial charge in [-0.3, -0.25) is 9.59 Å². The molecular formula is C27H32F5N5O3S. The highest BCUT2D eigenvalue weighted by atomic mass is 32.1. The van der Waals surface area contributed by atoms with Crippen LogP contribution in [0.4, 0.5) is 27.8 Å². The number of nitrogens with zero attached hydrogens (tertiary/aromatic N) is 3. The first-order valence-corrected chi connectivity index (χ1v) is 14.4. The largest absolute Gasteiger partial charge is 0.408 e. The van der Waals surface area contributed by atoms with E-state index < -0.39 is 53.6 Å². The Balaban J connectivity index is 1.54. The van der Waals surface area contributed by atoms with Gasteiger partial charge in [0.2, 0.25) is 0 Å². The zero-order valence-corrected chi connectivity index (χ0v) is 23.6. The monoisotopic (exact) mass is 601 g/mol. The van der Waals surface area contributed by atoms with E-state index in [1.807, 2.05) is 0 Å². The molecule has 1 saturated carbocycles. The molecule has 224 valence electrons. The number of aliphatic hydroxyl groups is 1. The number of aromatic nitrogens is 2. The lowest BCUT2D eigenvalue weighted by atomic mass is 10.0. The summed E-state index contributed by atoms with van der Waals surface area (Å²) in [6.07, 6.45) is -2.67. The zero-order chi connectivity index (χ0) is 29.9.